The number of carbonyl (C=O) groups excluding carboxylic acids is 2. The standard InChI is InChI=1S/C16H13N3O2S3/c1-10-4-2-3-5-11(10)8-12-14(21)19(16(22)24-12)9-13(20)18-15-17-6-7-23-15/h2-8H,9H2,1H3,(H,17,18,20)/b12-8-. The number of nitrogens with zero attached hydrogens (tertiary/aromatic N) is 2. The van der Waals surface area contributed by atoms with Gasteiger partial charge in [-0.1, -0.05) is 48.2 Å². The summed E-state index contributed by atoms with van der Waals surface area (Å²) < 4.78 is 0.383. The Morgan fingerprint density at radius 2 is 2.21 bits per heavy atom. The van der Waals surface area contributed by atoms with Crippen molar-refractivity contribution in [3.8, 4) is 0 Å². The fourth-order valence-electron chi connectivity index (χ4n) is 2.11. The van der Waals surface area contributed by atoms with E-state index in [-0.39, 0.29) is 18.4 Å². The Kier molecular flexibility index (Phi) is 5.08. The lowest BCUT2D eigenvalue weighted by molar-refractivity contribution is -0.126. The molecule has 1 saturated heterocycles. The molecule has 24 heavy (non-hydrogen) atoms. The molecule has 1 aliphatic heterocycles. The van der Waals surface area contributed by atoms with E-state index >= 15 is 0 Å². The molecular weight excluding hydrogens is 362 g/mol. The Morgan fingerprint density at radius 3 is 2.92 bits per heavy atom. The summed E-state index contributed by atoms with van der Waals surface area (Å²) in [7, 11) is 0. The van der Waals surface area contributed by atoms with Crippen LogP contribution in [0.4, 0.5) is 5.13 Å². The molecule has 0 atom stereocenters. The molecule has 3 rings (SSSR count). The lowest BCUT2D eigenvalue weighted by Gasteiger charge is -2.13. The van der Waals surface area contributed by atoms with Crippen LogP contribution >= 0.6 is 35.3 Å². The van der Waals surface area contributed by atoms with Gasteiger partial charge in [-0.2, -0.15) is 0 Å². The number of amides is 2. The summed E-state index contributed by atoms with van der Waals surface area (Å²) in [5, 5.41) is 4.91. The predicted octanol–water partition coefficient (Wildman–Crippen LogP) is 3.29. The second kappa shape index (κ2) is 7.25. The van der Waals surface area contributed by atoms with Crippen LogP contribution < -0.4 is 5.32 Å². The van der Waals surface area contributed by atoms with Gasteiger partial charge in [-0.3, -0.25) is 14.5 Å². The van der Waals surface area contributed by atoms with Gasteiger partial charge in [-0.05, 0) is 24.1 Å². The SMILES string of the molecule is Cc1ccccc1/C=C1\SC(=S)N(CC(=O)Nc2nccs2)C1=O. The molecule has 0 aliphatic carbocycles. The number of carbonyl (C=O) groups is 2. The molecule has 1 N–H and O–H groups in total. The Balaban J connectivity index is 1.72. The monoisotopic (exact) mass is 375 g/mol. The average molecular weight is 376 g/mol. The largest absolute Gasteiger partial charge is 0.300 e. The molecule has 1 fully saturated rings. The van der Waals surface area contributed by atoms with E-state index < -0.39 is 0 Å². The zero-order valence-electron chi connectivity index (χ0n) is 12.7. The number of hydrogen-bond acceptors (Lipinski definition) is 6. The van der Waals surface area contributed by atoms with Crippen molar-refractivity contribution >= 4 is 62.7 Å². The summed E-state index contributed by atoms with van der Waals surface area (Å²) in [6.07, 6.45) is 3.41. The maximum absolute atomic E-state index is 12.5. The van der Waals surface area contributed by atoms with E-state index in [9.17, 15) is 9.59 Å². The average Bonchev–Trinajstić information content (AvgIpc) is 3.14. The first-order valence-electron chi connectivity index (χ1n) is 7.05. The number of anilines is 1. The van der Waals surface area contributed by atoms with Crippen molar-refractivity contribution in [2.75, 3.05) is 11.9 Å². The van der Waals surface area contributed by atoms with Crippen LogP contribution in [0.2, 0.25) is 0 Å². The second-order valence-corrected chi connectivity index (χ2v) is 7.58. The van der Waals surface area contributed by atoms with E-state index in [0.29, 0.717) is 14.4 Å². The van der Waals surface area contributed by atoms with Gasteiger partial charge >= 0.3 is 0 Å². The van der Waals surface area contributed by atoms with Gasteiger partial charge in [-0.15, -0.1) is 11.3 Å². The van der Waals surface area contributed by atoms with Crippen LogP contribution in [-0.2, 0) is 9.59 Å². The number of hydrogen-bond donors (Lipinski definition) is 1. The third kappa shape index (κ3) is 3.72. The first-order chi connectivity index (χ1) is 11.5. The molecule has 2 heterocycles. The van der Waals surface area contributed by atoms with Gasteiger partial charge in [0.25, 0.3) is 5.91 Å². The fourth-order valence-corrected chi connectivity index (χ4v) is 3.90. The summed E-state index contributed by atoms with van der Waals surface area (Å²) in [4.78, 5) is 30.4. The van der Waals surface area contributed by atoms with Crippen molar-refractivity contribution < 1.29 is 9.59 Å². The van der Waals surface area contributed by atoms with Crippen LogP contribution in [0.3, 0.4) is 0 Å². The predicted molar refractivity (Wildman–Crippen MR) is 102 cm³/mol. The lowest BCUT2D eigenvalue weighted by atomic mass is 10.1. The summed E-state index contributed by atoms with van der Waals surface area (Å²) in [5.74, 6) is -0.569. The van der Waals surface area contributed by atoms with E-state index in [4.69, 9.17) is 12.2 Å². The zero-order chi connectivity index (χ0) is 17.1. The molecule has 2 amide bonds. The molecule has 8 heteroatoms. The van der Waals surface area contributed by atoms with Gasteiger partial charge in [0.15, 0.2) is 5.13 Å². The van der Waals surface area contributed by atoms with Crippen LogP contribution in [0.1, 0.15) is 11.1 Å². The fraction of sp³-hybridized carbons (Fsp3) is 0.125. The highest BCUT2D eigenvalue weighted by Gasteiger charge is 2.33. The Labute approximate surface area is 152 Å². The van der Waals surface area contributed by atoms with Crippen LogP contribution in [-0.4, -0.2) is 32.6 Å². The molecule has 0 spiro atoms. The van der Waals surface area contributed by atoms with Crippen molar-refractivity contribution in [3.63, 3.8) is 0 Å². The normalized spacial score (nSPS) is 16.0. The first-order valence-corrected chi connectivity index (χ1v) is 9.15. The summed E-state index contributed by atoms with van der Waals surface area (Å²) in [5.41, 5.74) is 2.04. The van der Waals surface area contributed by atoms with E-state index in [1.54, 1.807) is 11.6 Å². The molecule has 0 bridgehead atoms. The second-order valence-electron chi connectivity index (χ2n) is 5.01. The highest BCUT2D eigenvalue weighted by molar-refractivity contribution is 8.26. The number of thiazole rings is 1. The molecule has 2 aromatic rings. The zero-order valence-corrected chi connectivity index (χ0v) is 15.1. The lowest BCUT2D eigenvalue weighted by Crippen LogP contribution is -2.36. The molecule has 0 radical (unpaired) electrons. The molecule has 1 aliphatic rings. The van der Waals surface area contributed by atoms with Crippen LogP contribution in [0.15, 0.2) is 40.7 Å². The van der Waals surface area contributed by atoms with Gasteiger partial charge in [0.05, 0.1) is 4.91 Å². The van der Waals surface area contributed by atoms with Crippen molar-refractivity contribution in [3.05, 3.63) is 51.9 Å². The molecule has 0 saturated carbocycles. The van der Waals surface area contributed by atoms with Crippen LogP contribution in [0, 0.1) is 6.92 Å². The smallest absolute Gasteiger partial charge is 0.266 e. The number of thioether (sulfide) groups is 1. The molecule has 122 valence electrons. The Bertz CT molecular complexity index is 831. The number of aromatic nitrogens is 1. The molecule has 1 aromatic heterocycles. The number of nitrogens with one attached hydrogen (secondary N) is 1. The number of benzene rings is 1. The molecule has 5 nitrogen and oxygen atoms in total. The van der Waals surface area contributed by atoms with Crippen molar-refractivity contribution in [2.45, 2.75) is 6.92 Å². The molecule has 1 aromatic carbocycles. The van der Waals surface area contributed by atoms with Crippen LogP contribution in [0.5, 0.6) is 0 Å². The van der Waals surface area contributed by atoms with Gasteiger partial charge in [0, 0.05) is 11.6 Å². The minimum Gasteiger partial charge on any atom is -0.300 e. The minimum absolute atomic E-state index is 0.116. The number of rotatable bonds is 4. The number of thiocarbonyl (C=S) groups is 1. The van der Waals surface area contributed by atoms with Crippen molar-refractivity contribution in [2.24, 2.45) is 0 Å². The summed E-state index contributed by atoms with van der Waals surface area (Å²) >= 11 is 7.77. The van der Waals surface area contributed by atoms with E-state index in [0.717, 1.165) is 11.1 Å². The maximum Gasteiger partial charge on any atom is 0.266 e. The minimum atomic E-state index is -0.321. The Hall–Kier alpha value is -2.03. The van der Waals surface area contributed by atoms with Crippen molar-refractivity contribution in [1.29, 1.82) is 0 Å². The van der Waals surface area contributed by atoms with E-state index in [2.05, 4.69) is 10.3 Å². The van der Waals surface area contributed by atoms with E-state index in [1.165, 1.54) is 28.0 Å². The molecular formula is C16H13N3O2S3. The summed E-state index contributed by atoms with van der Waals surface area (Å²) in [6.45, 7) is 1.86. The van der Waals surface area contributed by atoms with Gasteiger partial charge in [0.1, 0.15) is 10.9 Å². The first kappa shape index (κ1) is 16.8. The summed E-state index contributed by atoms with van der Waals surface area (Å²) in [6, 6.07) is 7.78. The topological polar surface area (TPSA) is 62.3 Å². The van der Waals surface area contributed by atoms with Gasteiger partial charge < -0.3 is 5.32 Å². The molecule has 0 unspecified atom stereocenters. The van der Waals surface area contributed by atoms with Crippen LogP contribution in [0.25, 0.3) is 6.08 Å². The maximum atomic E-state index is 12.5. The highest BCUT2D eigenvalue weighted by Crippen LogP contribution is 2.32. The third-order valence-electron chi connectivity index (χ3n) is 3.33. The quantitative estimate of drug-likeness (QED) is 0.656. The van der Waals surface area contributed by atoms with E-state index in [1.807, 2.05) is 37.3 Å². The van der Waals surface area contributed by atoms with Crippen molar-refractivity contribution in [1.82, 2.24) is 9.88 Å². The highest BCUT2D eigenvalue weighted by atomic mass is 32.2. The third-order valence-corrected chi connectivity index (χ3v) is 5.40. The number of aryl methyl sites for hydroxylation is 1. The van der Waals surface area contributed by atoms with Gasteiger partial charge in [-0.25, -0.2) is 4.98 Å². The van der Waals surface area contributed by atoms with Gasteiger partial charge in [0.2, 0.25) is 5.91 Å². The Morgan fingerprint density at radius 1 is 1.42 bits per heavy atom.